The number of hydrogen-bond acceptors (Lipinski definition) is 7. The van der Waals surface area contributed by atoms with Crippen LogP contribution in [0.4, 0.5) is 0 Å². The van der Waals surface area contributed by atoms with E-state index in [0.29, 0.717) is 12.2 Å². The third-order valence-electron chi connectivity index (χ3n) is 5.50. The highest BCUT2D eigenvalue weighted by Gasteiger charge is 2.47. The van der Waals surface area contributed by atoms with Crippen LogP contribution in [0.2, 0.25) is 0 Å². The summed E-state index contributed by atoms with van der Waals surface area (Å²) in [6.07, 6.45) is 2.18. The Bertz CT molecular complexity index is 845. The molecule has 1 aliphatic rings. The molecule has 3 atom stereocenters. The van der Waals surface area contributed by atoms with Gasteiger partial charge in [-0.25, -0.2) is 0 Å². The molecule has 0 saturated heterocycles. The van der Waals surface area contributed by atoms with Crippen LogP contribution in [0.3, 0.4) is 0 Å². The fraction of sp³-hybridized carbons (Fsp3) is 0.682. The molecule has 10 nitrogen and oxygen atoms in total. The molecule has 0 radical (unpaired) electrons. The molecule has 1 aromatic heterocycles. The van der Waals surface area contributed by atoms with E-state index in [1.807, 2.05) is 20.8 Å². The Morgan fingerprint density at radius 3 is 2.25 bits per heavy atom. The van der Waals surface area contributed by atoms with Crippen LogP contribution in [-0.4, -0.2) is 60.5 Å². The number of Topliss-reactive ketones (excluding diaryl/α,β-unsaturated/α-hetero) is 1. The maximum atomic E-state index is 12.8. The van der Waals surface area contributed by atoms with Crippen LogP contribution in [0.25, 0.3) is 0 Å². The summed E-state index contributed by atoms with van der Waals surface area (Å²) >= 11 is 0. The lowest BCUT2D eigenvalue weighted by molar-refractivity contribution is -0.133. The van der Waals surface area contributed by atoms with Crippen LogP contribution < -0.4 is 16.0 Å². The third kappa shape index (κ3) is 6.88. The summed E-state index contributed by atoms with van der Waals surface area (Å²) < 4.78 is 9.90. The van der Waals surface area contributed by atoms with Crippen molar-refractivity contribution in [3.8, 4) is 0 Å². The number of nitrogens with one attached hydrogen (secondary N) is 3. The van der Waals surface area contributed by atoms with Gasteiger partial charge < -0.3 is 25.2 Å². The monoisotopic (exact) mass is 450 g/mol. The van der Waals surface area contributed by atoms with Crippen molar-refractivity contribution in [2.24, 2.45) is 11.3 Å². The molecule has 32 heavy (non-hydrogen) atoms. The zero-order valence-corrected chi connectivity index (χ0v) is 19.6. The smallest absolute Gasteiger partial charge is 0.274 e. The molecular weight excluding hydrogens is 416 g/mol. The first-order chi connectivity index (χ1) is 15.0. The van der Waals surface area contributed by atoms with Crippen molar-refractivity contribution >= 4 is 23.5 Å². The minimum absolute atomic E-state index is 0.0329. The van der Waals surface area contributed by atoms with Crippen molar-refractivity contribution in [3.05, 3.63) is 17.5 Å². The number of amides is 3. The lowest BCUT2D eigenvalue weighted by Gasteiger charge is -2.25. The second-order valence-corrected chi connectivity index (χ2v) is 9.15. The van der Waals surface area contributed by atoms with Gasteiger partial charge in [0.15, 0.2) is 11.5 Å². The number of aromatic nitrogens is 1. The van der Waals surface area contributed by atoms with Gasteiger partial charge in [-0.3, -0.25) is 19.2 Å². The molecule has 2 rings (SSSR count). The van der Waals surface area contributed by atoms with E-state index in [4.69, 9.17) is 9.26 Å². The Hall–Kier alpha value is -2.75. The molecule has 1 aromatic rings. The molecule has 0 bridgehead atoms. The van der Waals surface area contributed by atoms with Gasteiger partial charge in [0.2, 0.25) is 11.8 Å². The maximum absolute atomic E-state index is 12.8. The molecule has 1 aliphatic carbocycles. The van der Waals surface area contributed by atoms with Crippen LogP contribution >= 0.6 is 0 Å². The number of methoxy groups -OCH3 is 1. The standard InChI is InChI=1S/C22H34N4O6/c1-12(2)9-15(18(27)22(5)7-8-22)24-19(28)14(4)23-21(30)17(11-31-6)25-20(29)16-10-13(3)32-26-16/h10,12,14-15,17H,7-9,11H2,1-6H3,(H,23,30)(H,24,28)(H,25,29)/t14-,15-,17-/m0/s1. The van der Waals surface area contributed by atoms with Crippen molar-refractivity contribution in [2.75, 3.05) is 13.7 Å². The number of hydrogen-bond donors (Lipinski definition) is 3. The minimum Gasteiger partial charge on any atom is -0.382 e. The Kier molecular flexibility index (Phi) is 8.54. The number of nitrogens with zero attached hydrogens (tertiary/aromatic N) is 1. The molecule has 1 fully saturated rings. The van der Waals surface area contributed by atoms with Crippen LogP contribution in [0.1, 0.15) is 63.2 Å². The molecule has 1 heterocycles. The number of ketones is 1. The van der Waals surface area contributed by atoms with Crippen LogP contribution in [0, 0.1) is 18.3 Å². The normalized spacial score (nSPS) is 17.2. The average molecular weight is 451 g/mol. The summed E-state index contributed by atoms with van der Waals surface area (Å²) in [6, 6.07) is -1.11. The van der Waals surface area contributed by atoms with E-state index >= 15 is 0 Å². The number of carbonyl (C=O) groups excluding carboxylic acids is 4. The summed E-state index contributed by atoms with van der Waals surface area (Å²) in [7, 11) is 1.39. The fourth-order valence-corrected chi connectivity index (χ4v) is 3.29. The van der Waals surface area contributed by atoms with Crippen LogP contribution in [0.5, 0.6) is 0 Å². The van der Waals surface area contributed by atoms with Gasteiger partial charge in [0.25, 0.3) is 5.91 Å². The number of rotatable bonds is 12. The van der Waals surface area contributed by atoms with Gasteiger partial charge in [0.05, 0.1) is 12.6 Å². The fourth-order valence-electron chi connectivity index (χ4n) is 3.29. The largest absolute Gasteiger partial charge is 0.382 e. The molecule has 3 N–H and O–H groups in total. The van der Waals surface area contributed by atoms with Crippen LogP contribution in [0.15, 0.2) is 10.6 Å². The van der Waals surface area contributed by atoms with Gasteiger partial charge in [0, 0.05) is 18.6 Å². The lowest BCUT2D eigenvalue weighted by atomic mass is 9.91. The summed E-state index contributed by atoms with van der Waals surface area (Å²) in [5.74, 6) is -0.946. The summed E-state index contributed by atoms with van der Waals surface area (Å²) in [4.78, 5) is 50.5. The van der Waals surface area contributed by atoms with Crippen molar-refractivity contribution in [2.45, 2.75) is 72.0 Å². The predicted octanol–water partition coefficient (Wildman–Crippen LogP) is 1.13. The topological polar surface area (TPSA) is 140 Å². The van der Waals surface area contributed by atoms with E-state index in [9.17, 15) is 19.2 Å². The highest BCUT2D eigenvalue weighted by atomic mass is 16.5. The van der Waals surface area contributed by atoms with Gasteiger partial charge >= 0.3 is 0 Å². The first kappa shape index (κ1) is 25.5. The second kappa shape index (κ2) is 10.7. The Morgan fingerprint density at radius 1 is 1.09 bits per heavy atom. The molecular formula is C22H34N4O6. The number of ether oxygens (including phenoxy) is 1. The number of aryl methyl sites for hydroxylation is 1. The Labute approximate surface area is 188 Å². The Balaban J connectivity index is 1.98. The molecule has 3 amide bonds. The molecule has 0 aliphatic heterocycles. The van der Waals surface area contributed by atoms with E-state index in [-0.39, 0.29) is 29.4 Å². The van der Waals surface area contributed by atoms with E-state index < -0.39 is 35.8 Å². The highest BCUT2D eigenvalue weighted by Crippen LogP contribution is 2.47. The first-order valence-electron chi connectivity index (χ1n) is 10.8. The molecule has 0 unspecified atom stereocenters. The quantitative estimate of drug-likeness (QED) is 0.434. The van der Waals surface area contributed by atoms with Gasteiger partial charge in [-0.2, -0.15) is 0 Å². The van der Waals surface area contributed by atoms with Gasteiger partial charge in [-0.05, 0) is 39.0 Å². The van der Waals surface area contributed by atoms with Crippen molar-refractivity contribution in [1.29, 1.82) is 0 Å². The van der Waals surface area contributed by atoms with Crippen LogP contribution in [-0.2, 0) is 19.1 Å². The average Bonchev–Trinajstić information content (AvgIpc) is 3.32. The summed E-state index contributed by atoms with van der Waals surface area (Å²) in [6.45, 7) is 8.95. The summed E-state index contributed by atoms with van der Waals surface area (Å²) in [5.41, 5.74) is -0.335. The zero-order chi connectivity index (χ0) is 24.1. The molecule has 10 heteroatoms. The SMILES string of the molecule is COC[C@H](NC(=O)c1cc(C)on1)C(=O)N[C@@H](C)C(=O)N[C@@H](CC(C)C)C(=O)C1(C)CC1. The molecule has 178 valence electrons. The molecule has 0 spiro atoms. The maximum Gasteiger partial charge on any atom is 0.274 e. The van der Waals surface area contributed by atoms with Crippen molar-refractivity contribution < 1.29 is 28.4 Å². The van der Waals surface area contributed by atoms with Gasteiger partial charge in [0.1, 0.15) is 17.8 Å². The lowest BCUT2D eigenvalue weighted by Crippen LogP contribution is -2.56. The van der Waals surface area contributed by atoms with Crippen molar-refractivity contribution in [3.63, 3.8) is 0 Å². The predicted molar refractivity (Wildman–Crippen MR) is 116 cm³/mol. The van der Waals surface area contributed by atoms with Gasteiger partial charge in [-0.15, -0.1) is 0 Å². The van der Waals surface area contributed by atoms with Crippen molar-refractivity contribution in [1.82, 2.24) is 21.1 Å². The van der Waals surface area contributed by atoms with E-state index in [1.54, 1.807) is 6.92 Å². The third-order valence-corrected chi connectivity index (χ3v) is 5.50. The zero-order valence-electron chi connectivity index (χ0n) is 19.6. The molecule has 1 saturated carbocycles. The van der Waals surface area contributed by atoms with E-state index in [0.717, 1.165) is 12.8 Å². The highest BCUT2D eigenvalue weighted by molar-refractivity contribution is 5.98. The van der Waals surface area contributed by atoms with E-state index in [2.05, 4.69) is 21.1 Å². The minimum atomic E-state index is -1.04. The van der Waals surface area contributed by atoms with Gasteiger partial charge in [-0.1, -0.05) is 25.9 Å². The number of carbonyl (C=O) groups is 4. The molecule has 0 aromatic carbocycles. The summed E-state index contributed by atoms with van der Waals surface area (Å²) in [5, 5.41) is 11.5. The Morgan fingerprint density at radius 2 is 1.75 bits per heavy atom. The first-order valence-corrected chi connectivity index (χ1v) is 10.8. The second-order valence-electron chi connectivity index (χ2n) is 9.15. The van der Waals surface area contributed by atoms with E-state index in [1.165, 1.54) is 20.1 Å².